The topological polar surface area (TPSA) is 47.9 Å². The van der Waals surface area contributed by atoms with Crippen molar-refractivity contribution in [2.75, 3.05) is 18.1 Å². The minimum absolute atomic E-state index is 0.183. The fourth-order valence-corrected chi connectivity index (χ4v) is 4.24. The van der Waals surface area contributed by atoms with Crippen molar-refractivity contribution in [3.05, 3.63) is 64.9 Å². The third kappa shape index (κ3) is 4.82. The molecule has 1 fully saturated rings. The quantitative estimate of drug-likeness (QED) is 0.738. The summed E-state index contributed by atoms with van der Waals surface area (Å²) in [5, 5.41) is 8.98. The van der Waals surface area contributed by atoms with Gasteiger partial charge in [-0.3, -0.25) is 15.2 Å². The van der Waals surface area contributed by atoms with E-state index in [-0.39, 0.29) is 17.8 Å². The molecule has 0 radical (unpaired) electrons. The molecule has 1 saturated heterocycles. The lowest BCUT2D eigenvalue weighted by Crippen LogP contribution is -2.46. The van der Waals surface area contributed by atoms with Crippen molar-refractivity contribution < 1.29 is 9.18 Å². The second kappa shape index (κ2) is 9.58. The molecular weight excluding hydrogens is 403 g/mol. The van der Waals surface area contributed by atoms with E-state index >= 15 is 0 Å². The first-order valence-electron chi connectivity index (χ1n) is 10.5. The fourth-order valence-electron chi connectivity index (χ4n) is 4.02. The molecule has 0 saturated carbocycles. The van der Waals surface area contributed by atoms with Crippen LogP contribution in [0.4, 0.5) is 10.1 Å². The molecule has 30 heavy (non-hydrogen) atoms. The molecule has 0 aliphatic carbocycles. The van der Waals surface area contributed by atoms with Crippen LogP contribution >= 0.6 is 11.6 Å². The summed E-state index contributed by atoms with van der Waals surface area (Å²) in [6.45, 7) is 1.71. The van der Waals surface area contributed by atoms with E-state index in [9.17, 15) is 9.18 Å². The standard InChI is InChI=1S/C23H26ClFN4O/c24-19-8-4-5-9-21(19)29-22(17-10-12-18(25)13-11-17)16-20(26-29)23(30)27-28-14-6-2-1-3-7-15-28/h4-5,8-13,22H,1-3,6-7,14-16H2,(H,27,30). The molecule has 2 heterocycles. The fraction of sp³-hybridized carbons (Fsp3) is 0.391. The van der Waals surface area contributed by atoms with Gasteiger partial charge in [-0.25, -0.2) is 9.40 Å². The summed E-state index contributed by atoms with van der Waals surface area (Å²) in [4.78, 5) is 13.0. The smallest absolute Gasteiger partial charge is 0.281 e. The number of halogens is 2. The molecule has 5 nitrogen and oxygen atoms in total. The highest BCUT2D eigenvalue weighted by Crippen LogP contribution is 2.38. The first kappa shape index (κ1) is 20.8. The second-order valence-electron chi connectivity index (χ2n) is 7.81. The number of carbonyl (C=O) groups excluding carboxylic acids is 1. The Hall–Kier alpha value is -2.44. The Balaban J connectivity index is 1.57. The molecule has 2 aromatic carbocycles. The predicted molar refractivity (Wildman–Crippen MR) is 118 cm³/mol. The van der Waals surface area contributed by atoms with Gasteiger partial charge in [0.1, 0.15) is 11.5 Å². The zero-order valence-corrected chi connectivity index (χ0v) is 17.6. The monoisotopic (exact) mass is 428 g/mol. The molecule has 1 unspecified atom stereocenters. The summed E-state index contributed by atoms with van der Waals surface area (Å²) >= 11 is 6.42. The third-order valence-corrected chi connectivity index (χ3v) is 5.96. The van der Waals surface area contributed by atoms with Gasteiger partial charge in [0.15, 0.2) is 0 Å². The van der Waals surface area contributed by atoms with Crippen molar-refractivity contribution in [3.63, 3.8) is 0 Å². The van der Waals surface area contributed by atoms with Crippen molar-refractivity contribution in [3.8, 4) is 0 Å². The van der Waals surface area contributed by atoms with Crippen LogP contribution in [0.1, 0.15) is 50.1 Å². The third-order valence-electron chi connectivity index (χ3n) is 5.64. The minimum Gasteiger partial charge on any atom is -0.284 e. The molecule has 2 aliphatic heterocycles. The molecule has 0 aromatic heterocycles. The van der Waals surface area contributed by atoms with E-state index in [1.807, 2.05) is 23.2 Å². The number of para-hydroxylation sites is 1. The van der Waals surface area contributed by atoms with Crippen molar-refractivity contribution in [1.29, 1.82) is 0 Å². The summed E-state index contributed by atoms with van der Waals surface area (Å²) in [6, 6.07) is 13.5. The number of amides is 1. The van der Waals surface area contributed by atoms with Crippen LogP contribution in [0.15, 0.2) is 53.6 Å². The lowest BCUT2D eigenvalue weighted by Gasteiger charge is -2.25. The molecule has 158 valence electrons. The van der Waals surface area contributed by atoms with Gasteiger partial charge in [-0.05, 0) is 42.7 Å². The number of carbonyl (C=O) groups is 1. The molecule has 0 spiro atoms. The van der Waals surface area contributed by atoms with Crippen LogP contribution < -0.4 is 10.4 Å². The van der Waals surface area contributed by atoms with Crippen LogP contribution in [-0.2, 0) is 4.79 Å². The molecule has 4 rings (SSSR count). The number of hydrogen-bond acceptors (Lipinski definition) is 4. The van der Waals surface area contributed by atoms with E-state index in [4.69, 9.17) is 11.6 Å². The Labute approximate surface area is 181 Å². The van der Waals surface area contributed by atoms with Gasteiger partial charge in [0.25, 0.3) is 5.91 Å². The molecular formula is C23H26ClFN4O. The maximum atomic E-state index is 13.5. The lowest BCUT2D eigenvalue weighted by atomic mass is 10.0. The van der Waals surface area contributed by atoms with E-state index in [0.29, 0.717) is 17.2 Å². The molecule has 1 amide bonds. The van der Waals surface area contributed by atoms with Gasteiger partial charge in [-0.1, -0.05) is 55.1 Å². The summed E-state index contributed by atoms with van der Waals surface area (Å²) in [6.07, 6.45) is 6.24. The number of benzene rings is 2. The van der Waals surface area contributed by atoms with Crippen LogP contribution in [-0.4, -0.2) is 29.7 Å². The highest BCUT2D eigenvalue weighted by atomic mass is 35.5. The SMILES string of the molecule is O=C(NN1CCCCCCC1)C1=NN(c2ccccc2Cl)C(c2ccc(F)cc2)C1. The van der Waals surface area contributed by atoms with Crippen LogP contribution in [0.5, 0.6) is 0 Å². The largest absolute Gasteiger partial charge is 0.284 e. The maximum Gasteiger partial charge on any atom is 0.281 e. The van der Waals surface area contributed by atoms with Crippen molar-refractivity contribution in [2.24, 2.45) is 5.10 Å². The number of hydrazine groups is 1. The van der Waals surface area contributed by atoms with Crippen molar-refractivity contribution in [1.82, 2.24) is 10.4 Å². The molecule has 0 bridgehead atoms. The average Bonchev–Trinajstić information content (AvgIpc) is 3.16. The number of nitrogens with zero attached hydrogens (tertiary/aromatic N) is 3. The Kier molecular flexibility index (Phi) is 6.65. The molecule has 1 atom stereocenters. The van der Waals surface area contributed by atoms with Gasteiger partial charge in [-0.15, -0.1) is 0 Å². The van der Waals surface area contributed by atoms with E-state index < -0.39 is 0 Å². The first-order valence-corrected chi connectivity index (χ1v) is 10.9. The van der Waals surface area contributed by atoms with Gasteiger partial charge in [0, 0.05) is 19.5 Å². The van der Waals surface area contributed by atoms with E-state index in [2.05, 4.69) is 10.5 Å². The van der Waals surface area contributed by atoms with E-state index in [1.165, 1.54) is 31.4 Å². The van der Waals surface area contributed by atoms with Gasteiger partial charge in [0.05, 0.1) is 16.8 Å². The average molecular weight is 429 g/mol. The van der Waals surface area contributed by atoms with Crippen molar-refractivity contribution >= 4 is 28.9 Å². The summed E-state index contributed by atoms with van der Waals surface area (Å²) in [5.41, 5.74) is 5.10. The molecule has 1 N–H and O–H groups in total. The highest BCUT2D eigenvalue weighted by Gasteiger charge is 2.33. The minimum atomic E-state index is -0.294. The zero-order chi connectivity index (χ0) is 20.9. The number of rotatable bonds is 4. The number of hydrogen-bond donors (Lipinski definition) is 1. The van der Waals surface area contributed by atoms with Crippen LogP contribution in [0.25, 0.3) is 0 Å². The van der Waals surface area contributed by atoms with E-state index in [0.717, 1.165) is 37.2 Å². The predicted octanol–water partition coefficient (Wildman–Crippen LogP) is 5.08. The normalized spacial score (nSPS) is 20.4. The maximum absolute atomic E-state index is 13.5. The number of hydrazone groups is 1. The first-order chi connectivity index (χ1) is 14.6. The Bertz CT molecular complexity index is 910. The highest BCUT2D eigenvalue weighted by molar-refractivity contribution is 6.40. The molecule has 2 aromatic rings. The molecule has 7 heteroatoms. The zero-order valence-electron chi connectivity index (χ0n) is 16.9. The van der Waals surface area contributed by atoms with Crippen LogP contribution in [0.2, 0.25) is 5.02 Å². The summed E-state index contributed by atoms with van der Waals surface area (Å²) in [5.74, 6) is -0.478. The Morgan fingerprint density at radius 2 is 1.67 bits per heavy atom. The number of nitrogens with one attached hydrogen (secondary N) is 1. The van der Waals surface area contributed by atoms with Gasteiger partial charge < -0.3 is 0 Å². The van der Waals surface area contributed by atoms with Crippen LogP contribution in [0.3, 0.4) is 0 Å². The number of anilines is 1. The van der Waals surface area contributed by atoms with Gasteiger partial charge in [0.2, 0.25) is 0 Å². The Morgan fingerprint density at radius 1 is 1.00 bits per heavy atom. The van der Waals surface area contributed by atoms with Gasteiger partial charge >= 0.3 is 0 Å². The van der Waals surface area contributed by atoms with Crippen molar-refractivity contribution in [2.45, 2.75) is 44.6 Å². The van der Waals surface area contributed by atoms with Gasteiger partial charge in [-0.2, -0.15) is 5.10 Å². The molecule has 2 aliphatic rings. The summed E-state index contributed by atoms with van der Waals surface area (Å²) in [7, 11) is 0. The summed E-state index contributed by atoms with van der Waals surface area (Å²) < 4.78 is 13.5. The lowest BCUT2D eigenvalue weighted by molar-refractivity contribution is -0.119. The van der Waals surface area contributed by atoms with E-state index in [1.54, 1.807) is 23.2 Å². The van der Waals surface area contributed by atoms with Crippen LogP contribution in [0, 0.1) is 5.82 Å². The Morgan fingerprint density at radius 3 is 2.37 bits per heavy atom. The second-order valence-corrected chi connectivity index (χ2v) is 8.22.